The van der Waals surface area contributed by atoms with Crippen molar-refractivity contribution < 1.29 is 46.5 Å². The summed E-state index contributed by atoms with van der Waals surface area (Å²) in [7, 11) is -4.70. The van der Waals surface area contributed by atoms with Gasteiger partial charge in [-0.3, -0.25) is 13.9 Å². The summed E-state index contributed by atoms with van der Waals surface area (Å²) in [5.74, 6) is -4.06. The van der Waals surface area contributed by atoms with Crippen LogP contribution >= 0.6 is 7.75 Å². The van der Waals surface area contributed by atoms with Gasteiger partial charge in [-0.15, -0.1) is 0 Å². The van der Waals surface area contributed by atoms with Crippen molar-refractivity contribution in [3.8, 4) is 11.6 Å². The summed E-state index contributed by atoms with van der Waals surface area (Å²) in [4.78, 5) is 25.1. The molecule has 3 aromatic rings. The highest BCUT2D eigenvalue weighted by molar-refractivity contribution is 7.52. The first kappa shape index (κ1) is 31.5. The number of nitrogens with zero attached hydrogens (tertiary/aromatic N) is 4. The van der Waals surface area contributed by atoms with E-state index in [9.17, 15) is 14.5 Å². The molecule has 0 bridgehead atoms. The molecule has 2 aromatic heterocycles. The summed E-state index contributed by atoms with van der Waals surface area (Å²) in [6, 6.07) is 6.53. The highest BCUT2D eigenvalue weighted by Crippen LogP contribution is 2.73. The number of nitrogen functional groups attached to an aromatic ring is 1. The number of carbonyl (C=O) groups excluding carboxylic acids is 1. The van der Waals surface area contributed by atoms with Crippen LogP contribution < -0.4 is 20.1 Å². The Morgan fingerprint density at radius 1 is 1.24 bits per heavy atom. The number of halogens is 2. The lowest BCUT2D eigenvalue weighted by atomic mass is 9.97. The van der Waals surface area contributed by atoms with Gasteiger partial charge < -0.3 is 29.6 Å². The monoisotopic (exact) mass is 652 g/mol. The maximum absolute atomic E-state index is 16.6. The highest BCUT2D eigenvalue weighted by Gasteiger charge is 2.96. The van der Waals surface area contributed by atoms with E-state index in [0.717, 1.165) is 37.1 Å². The van der Waals surface area contributed by atoms with Gasteiger partial charge in [-0.25, -0.2) is 18.3 Å². The number of benzene rings is 1. The molecule has 3 heterocycles. The molecule has 1 unspecified atom stereocenters. The van der Waals surface area contributed by atoms with Crippen LogP contribution in [0.2, 0.25) is 0 Å². The second-order valence-electron chi connectivity index (χ2n) is 11.5. The molecule has 17 heteroatoms. The Bertz CT molecular complexity index is 1630. The Labute approximate surface area is 257 Å². The molecule has 3 fully saturated rings. The molecule has 7 atom stereocenters. The zero-order chi connectivity index (χ0) is 32.2. The van der Waals surface area contributed by atoms with Gasteiger partial charge in [-0.05, 0) is 58.6 Å². The number of fused-ring (bicyclic) bond motifs is 2. The number of imidazole rings is 1. The standard InChI is InChI=1S/C28H35F2N6O8P/c1-4-40-21-19-20(33-25(31)34-21)36(15-32-19)24-26(3,29)27(38)23(28(27,30)42-24)44-45(39,43-18-13-9-6-10-14-18)35-16(2)22(37)41-17-11-7-5-8-12-17/h6,9-10,13-17,23-24,38H,4-5,7-8,11-12H2,1-3H3,(H,35,39)(H2,31,33,34)/t16-,23?,24+,26-,27-,28+,45+/m0/s1. The van der Waals surface area contributed by atoms with Crippen LogP contribution in [-0.4, -0.2) is 72.6 Å². The van der Waals surface area contributed by atoms with Crippen LogP contribution in [0.25, 0.3) is 11.2 Å². The minimum absolute atomic E-state index is 0.0264. The molecule has 3 aliphatic rings. The fraction of sp³-hybridized carbons (Fsp3) is 0.571. The van der Waals surface area contributed by atoms with Crippen molar-refractivity contribution in [1.82, 2.24) is 24.6 Å². The molecule has 0 amide bonds. The second kappa shape index (κ2) is 11.4. The molecule has 1 saturated heterocycles. The number of hydrogen-bond donors (Lipinski definition) is 3. The summed E-state index contributed by atoms with van der Waals surface area (Å²) in [5, 5.41) is 13.9. The molecule has 1 aromatic carbocycles. The number of rotatable bonds is 11. The van der Waals surface area contributed by atoms with Crippen molar-refractivity contribution in [1.29, 1.82) is 0 Å². The Hall–Kier alpha value is -3.43. The van der Waals surface area contributed by atoms with Gasteiger partial charge in [-0.1, -0.05) is 24.6 Å². The molecule has 4 N–H and O–H groups in total. The maximum Gasteiger partial charge on any atom is 0.460 e. The zero-order valence-corrected chi connectivity index (χ0v) is 25.8. The first-order valence-electron chi connectivity index (χ1n) is 14.7. The predicted molar refractivity (Wildman–Crippen MR) is 154 cm³/mol. The number of nitrogens with two attached hydrogens (primary N) is 1. The van der Waals surface area contributed by atoms with Crippen LogP contribution in [-0.2, 0) is 23.4 Å². The van der Waals surface area contributed by atoms with Crippen molar-refractivity contribution in [2.24, 2.45) is 0 Å². The number of esters is 1. The van der Waals surface area contributed by atoms with Crippen LogP contribution in [0.5, 0.6) is 11.6 Å². The lowest BCUT2D eigenvalue weighted by Gasteiger charge is -2.31. The molecule has 244 valence electrons. The number of carbonyl (C=O) groups is 1. The first-order chi connectivity index (χ1) is 21.3. The average Bonchev–Trinajstić information content (AvgIpc) is 3.23. The number of hydrogen-bond acceptors (Lipinski definition) is 12. The van der Waals surface area contributed by atoms with Gasteiger partial charge in [0.2, 0.25) is 11.8 Å². The molecule has 2 saturated carbocycles. The topological polar surface area (TPSA) is 182 Å². The van der Waals surface area contributed by atoms with Gasteiger partial charge in [-0.2, -0.15) is 15.1 Å². The Balaban J connectivity index is 1.25. The number of nitrogens with one attached hydrogen (secondary N) is 1. The molecule has 45 heavy (non-hydrogen) atoms. The Morgan fingerprint density at radius 2 is 1.96 bits per heavy atom. The zero-order valence-electron chi connectivity index (χ0n) is 24.9. The number of ether oxygens (including phenoxy) is 3. The van der Waals surface area contributed by atoms with Gasteiger partial charge in [0.1, 0.15) is 17.9 Å². The third-order valence-corrected chi connectivity index (χ3v) is 9.98. The van der Waals surface area contributed by atoms with Gasteiger partial charge in [0.25, 0.3) is 5.85 Å². The fourth-order valence-electron chi connectivity index (χ4n) is 5.93. The van der Waals surface area contributed by atoms with E-state index >= 15 is 8.78 Å². The lowest BCUT2D eigenvalue weighted by Crippen LogP contribution is -2.45. The largest absolute Gasteiger partial charge is 0.476 e. The van der Waals surface area contributed by atoms with Crippen LogP contribution in [0.4, 0.5) is 14.7 Å². The maximum atomic E-state index is 16.6. The summed E-state index contributed by atoms with van der Waals surface area (Å²) < 4.78 is 75.7. The number of para-hydroxylation sites is 1. The summed E-state index contributed by atoms with van der Waals surface area (Å²) >= 11 is 0. The highest BCUT2D eigenvalue weighted by atomic mass is 31.2. The molecule has 6 rings (SSSR count). The van der Waals surface area contributed by atoms with Crippen LogP contribution in [0.15, 0.2) is 36.7 Å². The Morgan fingerprint density at radius 3 is 2.60 bits per heavy atom. The molecule has 0 spiro atoms. The third kappa shape index (κ3) is 5.31. The third-order valence-electron chi connectivity index (χ3n) is 8.34. The number of anilines is 1. The van der Waals surface area contributed by atoms with Crippen molar-refractivity contribution in [3.05, 3.63) is 36.7 Å². The normalized spacial score (nSPS) is 31.6. The van der Waals surface area contributed by atoms with E-state index in [1.54, 1.807) is 25.1 Å². The van der Waals surface area contributed by atoms with Crippen molar-refractivity contribution in [2.75, 3.05) is 12.3 Å². The van der Waals surface area contributed by atoms with E-state index in [2.05, 4.69) is 20.0 Å². The molecule has 0 radical (unpaired) electrons. The van der Waals surface area contributed by atoms with E-state index in [1.165, 1.54) is 19.1 Å². The van der Waals surface area contributed by atoms with E-state index in [4.69, 9.17) is 29.0 Å². The number of aliphatic hydroxyl groups is 1. The molecular formula is C28H35F2N6O8P. The van der Waals surface area contributed by atoms with Crippen LogP contribution in [0.3, 0.4) is 0 Å². The van der Waals surface area contributed by atoms with Gasteiger partial charge in [0, 0.05) is 0 Å². The van der Waals surface area contributed by atoms with Crippen molar-refractivity contribution >= 4 is 30.8 Å². The summed E-state index contributed by atoms with van der Waals surface area (Å²) in [5.41, 5.74) is 0.00209. The van der Waals surface area contributed by atoms with E-state index in [-0.39, 0.29) is 41.5 Å². The quantitative estimate of drug-likeness (QED) is 0.201. The van der Waals surface area contributed by atoms with E-state index in [0.29, 0.717) is 12.8 Å². The SMILES string of the molecule is CCOc1nc(N)nc2c1ncn2[C@@H]1O[C@]2(F)C(O[P@@](=O)(N[C@@H](C)C(=O)OC3CCCCC3)Oc3ccccc3)[C@]2(O)[C@@]1(C)F. The van der Waals surface area contributed by atoms with Crippen molar-refractivity contribution in [2.45, 2.75) is 94.5 Å². The van der Waals surface area contributed by atoms with Crippen LogP contribution in [0.1, 0.15) is 59.1 Å². The van der Waals surface area contributed by atoms with Gasteiger partial charge in [0.05, 0.1) is 12.9 Å². The van der Waals surface area contributed by atoms with E-state index < -0.39 is 49.2 Å². The fourth-order valence-corrected chi connectivity index (χ4v) is 7.63. The Kier molecular flexibility index (Phi) is 8.01. The van der Waals surface area contributed by atoms with Crippen LogP contribution in [0, 0.1) is 0 Å². The average molecular weight is 653 g/mol. The van der Waals surface area contributed by atoms with E-state index in [1.807, 2.05) is 0 Å². The van der Waals surface area contributed by atoms with Crippen molar-refractivity contribution in [3.63, 3.8) is 0 Å². The molecule has 2 aliphatic carbocycles. The second-order valence-corrected chi connectivity index (χ2v) is 13.2. The minimum atomic E-state index is -4.70. The number of alkyl halides is 2. The molecular weight excluding hydrogens is 617 g/mol. The minimum Gasteiger partial charge on any atom is -0.476 e. The predicted octanol–water partition coefficient (Wildman–Crippen LogP) is 3.90. The first-order valence-corrected chi connectivity index (χ1v) is 16.3. The lowest BCUT2D eigenvalue weighted by molar-refractivity contribution is -0.157. The number of aromatic nitrogens is 4. The molecule has 14 nitrogen and oxygen atoms in total. The summed E-state index contributed by atoms with van der Waals surface area (Å²) in [6.07, 6.45) is 1.20. The van der Waals surface area contributed by atoms with Gasteiger partial charge in [0.15, 0.2) is 34.8 Å². The smallest absolute Gasteiger partial charge is 0.460 e. The van der Waals surface area contributed by atoms with Gasteiger partial charge >= 0.3 is 13.7 Å². The summed E-state index contributed by atoms with van der Waals surface area (Å²) in [6.45, 7) is 4.22. The molecule has 1 aliphatic heterocycles.